The van der Waals surface area contributed by atoms with E-state index in [-0.39, 0.29) is 23.9 Å². The molecule has 1 aromatic heterocycles. The maximum Gasteiger partial charge on any atom is 0.271 e. The van der Waals surface area contributed by atoms with Crippen molar-refractivity contribution in [3.8, 4) is 0 Å². The third kappa shape index (κ3) is 2.65. The first-order chi connectivity index (χ1) is 6.65. The van der Waals surface area contributed by atoms with Crippen LogP contribution in [-0.4, -0.2) is 34.1 Å². The topological polar surface area (TPSA) is 75.1 Å². The number of amides is 1. The zero-order chi connectivity index (χ0) is 10.6. The van der Waals surface area contributed by atoms with Gasteiger partial charge in [-0.2, -0.15) is 0 Å². The number of carbonyl (C=O) groups is 1. The monoisotopic (exact) mass is 215 g/mol. The molecule has 0 aromatic carbocycles. The second-order valence-corrected chi connectivity index (χ2v) is 3.00. The molecule has 0 saturated heterocycles. The maximum absolute atomic E-state index is 11.4. The maximum atomic E-state index is 11.4. The first-order valence-electron chi connectivity index (χ1n) is 4.03. The van der Waals surface area contributed by atoms with Gasteiger partial charge >= 0.3 is 0 Å². The summed E-state index contributed by atoms with van der Waals surface area (Å²) in [7, 11) is 0. The van der Waals surface area contributed by atoms with Gasteiger partial charge in [-0.1, -0.05) is 11.6 Å². The molecule has 1 rings (SSSR count). The summed E-state index contributed by atoms with van der Waals surface area (Å²) in [5, 5.41) is 11.2. The van der Waals surface area contributed by atoms with E-state index >= 15 is 0 Å². The van der Waals surface area contributed by atoms with Crippen molar-refractivity contribution in [2.45, 2.75) is 6.92 Å². The summed E-state index contributed by atoms with van der Waals surface area (Å²) >= 11 is 5.72. The number of aryl methyl sites for hydroxylation is 1. The number of hydrogen-bond donors (Lipinski definition) is 2. The van der Waals surface area contributed by atoms with Crippen molar-refractivity contribution >= 4 is 17.5 Å². The van der Waals surface area contributed by atoms with E-state index in [1.165, 1.54) is 6.20 Å². The van der Waals surface area contributed by atoms with Crippen LogP contribution < -0.4 is 5.32 Å². The van der Waals surface area contributed by atoms with Gasteiger partial charge in [-0.3, -0.25) is 4.79 Å². The minimum atomic E-state index is -0.408. The molecule has 14 heavy (non-hydrogen) atoms. The van der Waals surface area contributed by atoms with Crippen LogP contribution in [0.25, 0.3) is 0 Å². The van der Waals surface area contributed by atoms with Gasteiger partial charge in [0.05, 0.1) is 17.8 Å². The average molecular weight is 216 g/mol. The van der Waals surface area contributed by atoms with E-state index < -0.39 is 5.91 Å². The molecule has 0 aliphatic heterocycles. The standard InChI is InChI=1S/C8H10ClN3O2/c1-5-11-4-6(9)7(12-5)8(14)10-2-3-13/h4,13H,2-3H2,1H3,(H,10,14). The average Bonchev–Trinajstić information content (AvgIpc) is 2.18. The second kappa shape index (κ2) is 4.88. The molecule has 0 spiro atoms. The highest BCUT2D eigenvalue weighted by Crippen LogP contribution is 2.11. The largest absolute Gasteiger partial charge is 0.395 e. The molecule has 0 aliphatic carbocycles. The summed E-state index contributed by atoms with van der Waals surface area (Å²) in [5.74, 6) is 0.0677. The van der Waals surface area contributed by atoms with Crippen LogP contribution in [0.2, 0.25) is 5.02 Å². The fourth-order valence-corrected chi connectivity index (χ4v) is 1.04. The minimum Gasteiger partial charge on any atom is -0.395 e. The fourth-order valence-electron chi connectivity index (χ4n) is 0.868. The Morgan fingerprint density at radius 3 is 3.07 bits per heavy atom. The van der Waals surface area contributed by atoms with Crippen LogP contribution in [0.4, 0.5) is 0 Å². The van der Waals surface area contributed by atoms with E-state index in [4.69, 9.17) is 16.7 Å². The lowest BCUT2D eigenvalue weighted by Crippen LogP contribution is -2.27. The highest BCUT2D eigenvalue weighted by molar-refractivity contribution is 6.33. The number of carbonyl (C=O) groups excluding carboxylic acids is 1. The zero-order valence-electron chi connectivity index (χ0n) is 7.62. The van der Waals surface area contributed by atoms with Gasteiger partial charge in [0.1, 0.15) is 11.5 Å². The van der Waals surface area contributed by atoms with Crippen molar-refractivity contribution in [1.82, 2.24) is 15.3 Å². The Morgan fingerprint density at radius 2 is 2.43 bits per heavy atom. The Labute approximate surface area is 86.1 Å². The van der Waals surface area contributed by atoms with Crippen molar-refractivity contribution in [2.75, 3.05) is 13.2 Å². The number of aromatic nitrogens is 2. The lowest BCUT2D eigenvalue weighted by molar-refractivity contribution is 0.0939. The summed E-state index contributed by atoms with van der Waals surface area (Å²) in [6, 6.07) is 0. The number of aliphatic hydroxyl groups excluding tert-OH is 1. The van der Waals surface area contributed by atoms with Gasteiger partial charge in [0.2, 0.25) is 0 Å². The van der Waals surface area contributed by atoms with Crippen LogP contribution >= 0.6 is 11.6 Å². The number of halogens is 1. The molecule has 1 amide bonds. The Morgan fingerprint density at radius 1 is 1.71 bits per heavy atom. The molecule has 76 valence electrons. The first kappa shape index (κ1) is 10.9. The van der Waals surface area contributed by atoms with Crippen LogP contribution in [0, 0.1) is 6.92 Å². The van der Waals surface area contributed by atoms with Gasteiger partial charge in [-0.25, -0.2) is 9.97 Å². The molecule has 0 atom stereocenters. The predicted octanol–water partition coefficient (Wildman–Crippen LogP) is 0.161. The molecule has 0 radical (unpaired) electrons. The summed E-state index contributed by atoms with van der Waals surface area (Å²) in [4.78, 5) is 19.1. The van der Waals surface area contributed by atoms with Crippen LogP contribution in [0.15, 0.2) is 6.20 Å². The highest BCUT2D eigenvalue weighted by atomic mass is 35.5. The molecule has 1 aromatic rings. The molecular weight excluding hydrogens is 206 g/mol. The molecule has 0 unspecified atom stereocenters. The number of aliphatic hydroxyl groups is 1. The van der Waals surface area contributed by atoms with E-state index in [2.05, 4.69) is 15.3 Å². The Bertz CT molecular complexity index is 343. The van der Waals surface area contributed by atoms with Crippen molar-refractivity contribution in [1.29, 1.82) is 0 Å². The minimum absolute atomic E-state index is 0.118. The van der Waals surface area contributed by atoms with Gasteiger partial charge in [0.25, 0.3) is 5.91 Å². The molecule has 6 heteroatoms. The summed E-state index contributed by atoms with van der Waals surface area (Å²) < 4.78 is 0. The van der Waals surface area contributed by atoms with Gasteiger partial charge in [0.15, 0.2) is 0 Å². The first-order valence-corrected chi connectivity index (χ1v) is 4.41. The van der Waals surface area contributed by atoms with Crippen LogP contribution in [-0.2, 0) is 0 Å². The molecule has 5 nitrogen and oxygen atoms in total. The van der Waals surface area contributed by atoms with Crippen LogP contribution in [0.5, 0.6) is 0 Å². The van der Waals surface area contributed by atoms with Crippen LogP contribution in [0.1, 0.15) is 16.3 Å². The number of rotatable bonds is 3. The van der Waals surface area contributed by atoms with Crippen molar-refractivity contribution < 1.29 is 9.90 Å². The van der Waals surface area contributed by atoms with Gasteiger partial charge in [-0.05, 0) is 6.92 Å². The third-order valence-corrected chi connectivity index (χ3v) is 1.75. The Hall–Kier alpha value is -1.20. The lowest BCUT2D eigenvalue weighted by atomic mass is 10.3. The van der Waals surface area contributed by atoms with E-state index in [9.17, 15) is 4.79 Å². The Balaban J connectivity index is 2.83. The van der Waals surface area contributed by atoms with E-state index in [0.29, 0.717) is 5.82 Å². The Kier molecular flexibility index (Phi) is 3.79. The second-order valence-electron chi connectivity index (χ2n) is 2.59. The number of nitrogens with zero attached hydrogens (tertiary/aromatic N) is 2. The van der Waals surface area contributed by atoms with Crippen molar-refractivity contribution in [3.05, 3.63) is 22.7 Å². The molecule has 0 saturated carbocycles. The fraction of sp³-hybridized carbons (Fsp3) is 0.375. The predicted molar refractivity (Wildman–Crippen MR) is 51.2 cm³/mol. The normalized spacial score (nSPS) is 9.93. The van der Waals surface area contributed by atoms with E-state index in [1.807, 2.05) is 0 Å². The summed E-state index contributed by atoms with van der Waals surface area (Å²) in [6.07, 6.45) is 1.37. The van der Waals surface area contributed by atoms with Crippen molar-refractivity contribution in [2.24, 2.45) is 0 Å². The molecule has 0 bridgehead atoms. The zero-order valence-corrected chi connectivity index (χ0v) is 8.38. The molecule has 1 heterocycles. The molecule has 0 fully saturated rings. The van der Waals surface area contributed by atoms with Crippen molar-refractivity contribution in [3.63, 3.8) is 0 Å². The highest BCUT2D eigenvalue weighted by Gasteiger charge is 2.11. The molecule has 2 N–H and O–H groups in total. The van der Waals surface area contributed by atoms with Gasteiger partial charge in [0, 0.05) is 6.54 Å². The third-order valence-electron chi connectivity index (χ3n) is 1.48. The van der Waals surface area contributed by atoms with E-state index in [0.717, 1.165) is 0 Å². The SMILES string of the molecule is Cc1ncc(Cl)c(C(=O)NCCO)n1. The lowest BCUT2D eigenvalue weighted by Gasteiger charge is -2.04. The van der Waals surface area contributed by atoms with Gasteiger partial charge < -0.3 is 10.4 Å². The molecule has 0 aliphatic rings. The van der Waals surface area contributed by atoms with Gasteiger partial charge in [-0.15, -0.1) is 0 Å². The quantitative estimate of drug-likeness (QED) is 0.753. The van der Waals surface area contributed by atoms with Crippen LogP contribution in [0.3, 0.4) is 0 Å². The summed E-state index contributed by atoms with van der Waals surface area (Å²) in [5.41, 5.74) is 0.132. The number of hydrogen-bond acceptors (Lipinski definition) is 4. The molecular formula is C8H10ClN3O2. The number of nitrogens with one attached hydrogen (secondary N) is 1. The van der Waals surface area contributed by atoms with E-state index in [1.54, 1.807) is 6.92 Å². The smallest absolute Gasteiger partial charge is 0.271 e. The summed E-state index contributed by atoms with van der Waals surface area (Å²) in [6.45, 7) is 1.73.